The van der Waals surface area contributed by atoms with Gasteiger partial charge in [0.05, 0.1) is 40.6 Å². The number of ether oxygens (including phenoxy) is 5. The zero-order valence-electron chi connectivity index (χ0n) is 12.1. The fourth-order valence-corrected chi connectivity index (χ4v) is 1.60. The van der Waals surface area contributed by atoms with Gasteiger partial charge in [-0.15, -0.1) is 0 Å². The van der Waals surface area contributed by atoms with E-state index >= 15 is 0 Å². The Morgan fingerprint density at radius 1 is 0.952 bits per heavy atom. The van der Waals surface area contributed by atoms with Gasteiger partial charge < -0.3 is 33.9 Å². The molecule has 0 aromatic heterocycles. The van der Waals surface area contributed by atoms with Crippen LogP contribution >= 0.6 is 0 Å². The highest BCUT2D eigenvalue weighted by atomic mass is 16.6. The van der Waals surface area contributed by atoms with Crippen molar-refractivity contribution in [2.45, 2.75) is 12.2 Å². The van der Waals surface area contributed by atoms with Crippen molar-refractivity contribution in [1.29, 1.82) is 0 Å². The molecule has 3 rings (SSSR count). The van der Waals surface area contributed by atoms with Crippen LogP contribution < -0.4 is 9.47 Å². The number of methoxy groups -OCH3 is 2. The molecule has 2 fully saturated rings. The Morgan fingerprint density at radius 2 is 1.33 bits per heavy atom. The predicted octanol–water partition coefficient (Wildman–Crippen LogP) is 0.916. The standard InChI is InChI=1S/C8H10O4.C6H10O3/c1-11-7-5(9)3-4-6(10)8(7)12-2;1(5-3-8-5)7-2-6-4-9-6/h3-4,9-10H,1-2H3;5-6H,1-4H2. The molecule has 0 saturated carbocycles. The highest BCUT2D eigenvalue weighted by molar-refractivity contribution is 5.57. The first-order valence-corrected chi connectivity index (χ1v) is 6.59. The van der Waals surface area contributed by atoms with Gasteiger partial charge in [-0.25, -0.2) is 0 Å². The molecule has 0 aliphatic carbocycles. The minimum absolute atomic E-state index is 0.0628. The highest BCUT2D eigenvalue weighted by Gasteiger charge is 2.26. The van der Waals surface area contributed by atoms with Crippen molar-refractivity contribution in [1.82, 2.24) is 0 Å². The van der Waals surface area contributed by atoms with Gasteiger partial charge >= 0.3 is 0 Å². The molecule has 2 N–H and O–H groups in total. The second-order valence-electron chi connectivity index (χ2n) is 4.62. The van der Waals surface area contributed by atoms with Crippen LogP contribution in [0, 0.1) is 0 Å². The molecule has 21 heavy (non-hydrogen) atoms. The topological polar surface area (TPSA) is 93.2 Å². The number of benzene rings is 1. The summed E-state index contributed by atoms with van der Waals surface area (Å²) in [6, 6.07) is 2.66. The minimum Gasteiger partial charge on any atom is -0.504 e. The lowest BCUT2D eigenvalue weighted by Gasteiger charge is -2.09. The largest absolute Gasteiger partial charge is 0.504 e. The molecular formula is C14H20O7. The van der Waals surface area contributed by atoms with Crippen molar-refractivity contribution in [3.63, 3.8) is 0 Å². The Morgan fingerprint density at radius 3 is 1.62 bits per heavy atom. The zero-order chi connectivity index (χ0) is 15.2. The van der Waals surface area contributed by atoms with E-state index in [-0.39, 0.29) is 23.0 Å². The summed E-state index contributed by atoms with van der Waals surface area (Å²) in [5.74, 6) is 0.148. The van der Waals surface area contributed by atoms with Gasteiger partial charge in [0.1, 0.15) is 12.2 Å². The fourth-order valence-electron chi connectivity index (χ4n) is 1.60. The number of hydrogen-bond donors (Lipinski definition) is 2. The number of epoxide rings is 2. The van der Waals surface area contributed by atoms with Crippen LogP contribution in [0.15, 0.2) is 12.1 Å². The quantitative estimate of drug-likeness (QED) is 0.596. The van der Waals surface area contributed by atoms with Gasteiger partial charge in [0.25, 0.3) is 0 Å². The van der Waals surface area contributed by atoms with E-state index in [0.29, 0.717) is 12.2 Å². The molecule has 2 unspecified atom stereocenters. The molecule has 1 aromatic carbocycles. The van der Waals surface area contributed by atoms with Crippen LogP contribution in [-0.4, -0.2) is 63.1 Å². The maximum absolute atomic E-state index is 9.23. The number of rotatable bonds is 6. The van der Waals surface area contributed by atoms with E-state index in [1.807, 2.05) is 0 Å². The van der Waals surface area contributed by atoms with Gasteiger partial charge in [-0.2, -0.15) is 0 Å². The van der Waals surface area contributed by atoms with Crippen LogP contribution in [0.25, 0.3) is 0 Å². The van der Waals surface area contributed by atoms with Crippen LogP contribution in [0.1, 0.15) is 0 Å². The van der Waals surface area contributed by atoms with Gasteiger partial charge in [0.2, 0.25) is 11.5 Å². The molecule has 118 valence electrons. The smallest absolute Gasteiger partial charge is 0.206 e. The average molecular weight is 300 g/mol. The number of phenols is 2. The maximum Gasteiger partial charge on any atom is 0.206 e. The first-order valence-electron chi connectivity index (χ1n) is 6.59. The SMILES string of the molecule is C(OCC1CO1)C1CO1.COc1c(O)ccc(O)c1OC. The molecule has 7 heteroatoms. The van der Waals surface area contributed by atoms with Crippen molar-refractivity contribution < 1.29 is 33.9 Å². The van der Waals surface area contributed by atoms with Crippen LogP contribution in [-0.2, 0) is 14.2 Å². The summed E-state index contributed by atoms with van der Waals surface area (Å²) >= 11 is 0. The molecule has 0 radical (unpaired) electrons. The van der Waals surface area contributed by atoms with Gasteiger partial charge in [-0.3, -0.25) is 0 Å². The number of phenolic OH excluding ortho intramolecular Hbond substituents is 2. The summed E-state index contributed by atoms with van der Waals surface area (Å²) in [6.07, 6.45) is 0.785. The summed E-state index contributed by atoms with van der Waals surface area (Å²) in [6.45, 7) is 3.26. The fraction of sp³-hybridized carbons (Fsp3) is 0.571. The van der Waals surface area contributed by atoms with E-state index in [1.165, 1.54) is 26.4 Å². The molecule has 0 spiro atoms. The van der Waals surface area contributed by atoms with Crippen molar-refractivity contribution in [3.8, 4) is 23.0 Å². The molecular weight excluding hydrogens is 280 g/mol. The van der Waals surface area contributed by atoms with Crippen LogP contribution in [0.2, 0.25) is 0 Å². The number of hydrogen-bond acceptors (Lipinski definition) is 7. The van der Waals surface area contributed by atoms with Gasteiger partial charge in [-0.05, 0) is 12.1 Å². The van der Waals surface area contributed by atoms with Crippen molar-refractivity contribution in [2.24, 2.45) is 0 Å². The van der Waals surface area contributed by atoms with Crippen LogP contribution in [0.3, 0.4) is 0 Å². The van der Waals surface area contributed by atoms with Crippen LogP contribution in [0.4, 0.5) is 0 Å². The third kappa shape index (κ3) is 4.96. The first kappa shape index (κ1) is 15.7. The Hall–Kier alpha value is -1.70. The lowest BCUT2D eigenvalue weighted by molar-refractivity contribution is 0.102. The summed E-state index contributed by atoms with van der Waals surface area (Å²) in [7, 11) is 2.77. The van der Waals surface area contributed by atoms with E-state index in [4.69, 9.17) is 23.7 Å². The average Bonchev–Trinajstić information content (AvgIpc) is 3.36. The second-order valence-corrected chi connectivity index (χ2v) is 4.62. The maximum atomic E-state index is 9.23. The van der Waals surface area contributed by atoms with E-state index in [1.54, 1.807) is 0 Å². The Kier molecular flexibility index (Phi) is 5.49. The van der Waals surface area contributed by atoms with Crippen molar-refractivity contribution in [3.05, 3.63) is 12.1 Å². The Bertz CT molecular complexity index is 414. The number of aromatic hydroxyl groups is 2. The van der Waals surface area contributed by atoms with Gasteiger partial charge in [-0.1, -0.05) is 0 Å². The molecule has 2 aliphatic rings. The van der Waals surface area contributed by atoms with Crippen molar-refractivity contribution >= 4 is 0 Å². The highest BCUT2D eigenvalue weighted by Crippen LogP contribution is 2.42. The molecule has 2 saturated heterocycles. The van der Waals surface area contributed by atoms with E-state index < -0.39 is 0 Å². The van der Waals surface area contributed by atoms with E-state index in [0.717, 1.165) is 26.4 Å². The molecule has 2 aliphatic heterocycles. The molecule has 2 heterocycles. The zero-order valence-corrected chi connectivity index (χ0v) is 12.1. The Balaban J connectivity index is 0.000000159. The second kappa shape index (κ2) is 7.35. The van der Waals surface area contributed by atoms with E-state index in [2.05, 4.69) is 0 Å². The summed E-state index contributed by atoms with van der Waals surface area (Å²) in [5, 5.41) is 18.5. The lowest BCUT2D eigenvalue weighted by atomic mass is 10.2. The van der Waals surface area contributed by atoms with Crippen molar-refractivity contribution in [2.75, 3.05) is 40.6 Å². The molecule has 7 nitrogen and oxygen atoms in total. The third-order valence-corrected chi connectivity index (χ3v) is 2.89. The summed E-state index contributed by atoms with van der Waals surface area (Å²) in [5.41, 5.74) is 0. The minimum atomic E-state index is -0.0628. The van der Waals surface area contributed by atoms with Gasteiger partial charge in [0, 0.05) is 0 Å². The third-order valence-electron chi connectivity index (χ3n) is 2.89. The van der Waals surface area contributed by atoms with Gasteiger partial charge in [0.15, 0.2) is 11.5 Å². The normalized spacial score (nSPS) is 22.0. The monoisotopic (exact) mass is 300 g/mol. The first-order chi connectivity index (χ1) is 10.2. The molecule has 0 amide bonds. The van der Waals surface area contributed by atoms with Crippen LogP contribution in [0.5, 0.6) is 23.0 Å². The molecule has 2 atom stereocenters. The summed E-state index contributed by atoms with van der Waals surface area (Å²) in [4.78, 5) is 0. The molecule has 0 bridgehead atoms. The predicted molar refractivity (Wildman–Crippen MR) is 73.2 cm³/mol. The summed E-state index contributed by atoms with van der Waals surface area (Å²) < 4.78 is 24.7. The molecule has 1 aromatic rings. The van der Waals surface area contributed by atoms with E-state index in [9.17, 15) is 10.2 Å². The Labute approximate surface area is 123 Å². The lowest BCUT2D eigenvalue weighted by Crippen LogP contribution is -2.06.